The molecular formula is C9H10IN5O2. The second kappa shape index (κ2) is 5.27. The number of amides is 2. The molecule has 8 heteroatoms. The van der Waals surface area contributed by atoms with Gasteiger partial charge < -0.3 is 10.4 Å². The summed E-state index contributed by atoms with van der Waals surface area (Å²) < 4.78 is 2.42. The van der Waals surface area contributed by atoms with Crippen molar-refractivity contribution in [1.29, 1.82) is 0 Å². The third-order valence-electron chi connectivity index (χ3n) is 1.93. The number of carbonyl (C=O) groups excluding carboxylic acids is 1. The lowest BCUT2D eigenvalue weighted by Gasteiger charge is -2.02. The van der Waals surface area contributed by atoms with E-state index in [0.717, 1.165) is 3.70 Å². The summed E-state index contributed by atoms with van der Waals surface area (Å²) in [6.07, 6.45) is 1.62. The molecule has 7 nitrogen and oxygen atoms in total. The quantitative estimate of drug-likeness (QED) is 0.703. The molecule has 0 spiro atoms. The molecule has 0 atom stereocenters. The van der Waals surface area contributed by atoms with Gasteiger partial charge in [-0.15, -0.1) is 0 Å². The number of aliphatic hydroxyl groups excluding tert-OH is 1. The van der Waals surface area contributed by atoms with Crippen molar-refractivity contribution >= 4 is 40.1 Å². The van der Waals surface area contributed by atoms with Gasteiger partial charge in [0.2, 0.25) is 0 Å². The smallest absolute Gasteiger partial charge is 0.320 e. The number of nitrogens with zero attached hydrogens (tertiary/aromatic N) is 3. The van der Waals surface area contributed by atoms with Crippen molar-refractivity contribution in [2.75, 3.05) is 18.5 Å². The first-order valence-electron chi connectivity index (χ1n) is 4.86. The fraction of sp³-hybridized carbons (Fsp3) is 0.222. The van der Waals surface area contributed by atoms with E-state index in [9.17, 15) is 4.79 Å². The van der Waals surface area contributed by atoms with Crippen molar-refractivity contribution in [2.45, 2.75) is 0 Å². The van der Waals surface area contributed by atoms with Gasteiger partial charge in [-0.25, -0.2) is 14.3 Å². The minimum absolute atomic E-state index is 0.0989. The highest BCUT2D eigenvalue weighted by molar-refractivity contribution is 14.1. The van der Waals surface area contributed by atoms with E-state index < -0.39 is 6.03 Å². The average molecular weight is 347 g/mol. The number of hydrogen-bond donors (Lipinski definition) is 3. The van der Waals surface area contributed by atoms with E-state index in [-0.39, 0.29) is 13.2 Å². The van der Waals surface area contributed by atoms with Crippen molar-refractivity contribution in [1.82, 2.24) is 19.9 Å². The van der Waals surface area contributed by atoms with Crippen LogP contribution in [0.4, 0.5) is 10.6 Å². The van der Waals surface area contributed by atoms with E-state index >= 15 is 0 Å². The van der Waals surface area contributed by atoms with Crippen LogP contribution in [0.15, 0.2) is 18.3 Å². The Morgan fingerprint density at radius 1 is 1.53 bits per heavy atom. The highest BCUT2D eigenvalue weighted by Gasteiger charge is 2.06. The van der Waals surface area contributed by atoms with Crippen LogP contribution in [-0.4, -0.2) is 38.9 Å². The Kier molecular flexibility index (Phi) is 3.74. The molecule has 0 bridgehead atoms. The molecule has 2 aromatic heterocycles. The summed E-state index contributed by atoms with van der Waals surface area (Å²) in [5.41, 5.74) is 0.655. The first kappa shape index (κ1) is 12.0. The Hall–Kier alpha value is -1.42. The fourth-order valence-electron chi connectivity index (χ4n) is 1.25. The minimum Gasteiger partial charge on any atom is -0.395 e. The molecule has 0 aliphatic carbocycles. The SMILES string of the molecule is O=C(NCCO)Nc1cn2nc(I)ccc2n1. The molecule has 90 valence electrons. The molecule has 2 amide bonds. The van der Waals surface area contributed by atoms with E-state index in [1.165, 1.54) is 0 Å². The van der Waals surface area contributed by atoms with Crippen LogP contribution in [0.3, 0.4) is 0 Å². The number of rotatable bonds is 3. The molecule has 2 aromatic rings. The van der Waals surface area contributed by atoms with Gasteiger partial charge in [0.15, 0.2) is 11.5 Å². The van der Waals surface area contributed by atoms with Gasteiger partial charge in [-0.2, -0.15) is 5.10 Å². The maximum absolute atomic E-state index is 11.3. The van der Waals surface area contributed by atoms with Crippen LogP contribution in [0.25, 0.3) is 5.65 Å². The lowest BCUT2D eigenvalue weighted by Crippen LogP contribution is -2.31. The van der Waals surface area contributed by atoms with Gasteiger partial charge in [0.25, 0.3) is 0 Å². The summed E-state index contributed by atoms with van der Waals surface area (Å²) >= 11 is 2.09. The molecule has 0 saturated carbocycles. The zero-order chi connectivity index (χ0) is 12.3. The lowest BCUT2D eigenvalue weighted by molar-refractivity contribution is 0.244. The van der Waals surface area contributed by atoms with Crippen molar-refractivity contribution in [3.05, 3.63) is 22.0 Å². The van der Waals surface area contributed by atoms with Gasteiger partial charge in [0.1, 0.15) is 3.70 Å². The number of anilines is 1. The molecule has 17 heavy (non-hydrogen) atoms. The van der Waals surface area contributed by atoms with Gasteiger partial charge in [0.05, 0.1) is 12.8 Å². The van der Waals surface area contributed by atoms with Gasteiger partial charge >= 0.3 is 6.03 Å². The topological polar surface area (TPSA) is 91.5 Å². The molecule has 2 rings (SSSR count). The molecule has 3 N–H and O–H groups in total. The molecule has 0 aliphatic heterocycles. The van der Waals surface area contributed by atoms with Gasteiger partial charge in [-0.1, -0.05) is 0 Å². The summed E-state index contributed by atoms with van der Waals surface area (Å²) in [6.45, 7) is 0.105. The monoisotopic (exact) mass is 347 g/mol. The van der Waals surface area contributed by atoms with Crippen molar-refractivity contribution in [2.24, 2.45) is 0 Å². The number of aromatic nitrogens is 3. The van der Waals surface area contributed by atoms with E-state index in [4.69, 9.17) is 5.11 Å². The van der Waals surface area contributed by atoms with E-state index in [1.54, 1.807) is 10.7 Å². The van der Waals surface area contributed by atoms with Crippen LogP contribution in [0.1, 0.15) is 0 Å². The molecule has 0 aromatic carbocycles. The standard InChI is InChI=1S/C9H10IN5O2/c10-6-1-2-8-12-7(5-15(8)14-6)13-9(17)11-3-4-16/h1-2,5,16H,3-4H2,(H2,11,13,17). The Morgan fingerprint density at radius 2 is 2.35 bits per heavy atom. The number of aliphatic hydroxyl groups is 1. The lowest BCUT2D eigenvalue weighted by atomic mass is 10.6. The van der Waals surface area contributed by atoms with E-state index in [2.05, 4.69) is 43.3 Å². The highest BCUT2D eigenvalue weighted by Crippen LogP contribution is 2.09. The summed E-state index contributed by atoms with van der Waals surface area (Å²) in [5, 5.41) is 17.8. The van der Waals surface area contributed by atoms with Crippen LogP contribution >= 0.6 is 22.6 Å². The average Bonchev–Trinajstić information content (AvgIpc) is 2.67. The van der Waals surface area contributed by atoms with Crippen LogP contribution < -0.4 is 10.6 Å². The van der Waals surface area contributed by atoms with Crippen molar-refractivity contribution < 1.29 is 9.90 Å². The number of carbonyl (C=O) groups is 1. The normalized spacial score (nSPS) is 10.5. The van der Waals surface area contributed by atoms with Crippen LogP contribution in [0.5, 0.6) is 0 Å². The van der Waals surface area contributed by atoms with Gasteiger partial charge in [-0.05, 0) is 34.7 Å². The summed E-state index contributed by atoms with van der Waals surface area (Å²) in [4.78, 5) is 15.5. The Balaban J connectivity index is 2.11. The molecule has 0 radical (unpaired) electrons. The van der Waals surface area contributed by atoms with Crippen molar-refractivity contribution in [3.63, 3.8) is 0 Å². The molecule has 0 saturated heterocycles. The Morgan fingerprint density at radius 3 is 3.12 bits per heavy atom. The first-order chi connectivity index (χ1) is 8.19. The van der Waals surface area contributed by atoms with Crippen molar-refractivity contribution in [3.8, 4) is 0 Å². The highest BCUT2D eigenvalue weighted by atomic mass is 127. The number of imidazole rings is 1. The molecule has 0 unspecified atom stereocenters. The Labute approximate surface area is 110 Å². The number of urea groups is 1. The second-order valence-corrected chi connectivity index (χ2v) is 4.29. The van der Waals surface area contributed by atoms with E-state index in [0.29, 0.717) is 11.5 Å². The maximum Gasteiger partial charge on any atom is 0.320 e. The van der Waals surface area contributed by atoms with Gasteiger partial charge in [-0.3, -0.25) is 5.32 Å². The Bertz CT molecular complexity index is 541. The van der Waals surface area contributed by atoms with Crippen LogP contribution in [0.2, 0.25) is 0 Å². The third kappa shape index (κ3) is 3.03. The molecule has 2 heterocycles. The maximum atomic E-state index is 11.3. The molecular weight excluding hydrogens is 337 g/mol. The predicted molar refractivity (Wildman–Crippen MR) is 69.8 cm³/mol. The second-order valence-electron chi connectivity index (χ2n) is 3.19. The molecule has 0 aliphatic rings. The number of hydrogen-bond acceptors (Lipinski definition) is 4. The van der Waals surface area contributed by atoms with Crippen LogP contribution in [0, 0.1) is 3.70 Å². The number of nitrogens with one attached hydrogen (secondary N) is 2. The minimum atomic E-state index is -0.405. The third-order valence-corrected chi connectivity index (χ3v) is 2.50. The number of halogens is 1. The fourth-order valence-corrected chi connectivity index (χ4v) is 1.66. The zero-order valence-corrected chi connectivity index (χ0v) is 10.9. The molecule has 0 fully saturated rings. The van der Waals surface area contributed by atoms with E-state index in [1.807, 2.05) is 12.1 Å². The van der Waals surface area contributed by atoms with Gasteiger partial charge in [0, 0.05) is 6.54 Å². The van der Waals surface area contributed by atoms with Crippen LogP contribution in [-0.2, 0) is 0 Å². The largest absolute Gasteiger partial charge is 0.395 e. The summed E-state index contributed by atoms with van der Waals surface area (Å²) in [7, 11) is 0. The summed E-state index contributed by atoms with van der Waals surface area (Å²) in [6, 6.07) is 3.24. The zero-order valence-electron chi connectivity index (χ0n) is 8.72. The number of fused-ring (bicyclic) bond motifs is 1. The first-order valence-corrected chi connectivity index (χ1v) is 5.94. The summed E-state index contributed by atoms with van der Waals surface area (Å²) in [5.74, 6) is 0.412. The predicted octanol–water partition coefficient (Wildman–Crippen LogP) is 0.448.